The fourth-order valence-electron chi connectivity index (χ4n) is 0.875. The van der Waals surface area contributed by atoms with Crippen molar-refractivity contribution in [1.29, 1.82) is 0 Å². The van der Waals surface area contributed by atoms with Crippen LogP contribution in [0.15, 0.2) is 18.2 Å². The Morgan fingerprint density at radius 2 is 2.25 bits per heavy atom. The van der Waals surface area contributed by atoms with Gasteiger partial charge in [-0.1, -0.05) is 17.7 Å². The SMILES string of the molecule is NC(=O)Cc1c(F)cccc1Cl. The molecule has 12 heavy (non-hydrogen) atoms. The maximum atomic E-state index is 12.9. The van der Waals surface area contributed by atoms with Crippen LogP contribution in [-0.2, 0) is 11.2 Å². The molecule has 1 amide bonds. The molecule has 0 aromatic heterocycles. The van der Waals surface area contributed by atoms with Crippen molar-refractivity contribution in [2.45, 2.75) is 6.42 Å². The van der Waals surface area contributed by atoms with Crippen molar-refractivity contribution in [3.63, 3.8) is 0 Å². The summed E-state index contributed by atoms with van der Waals surface area (Å²) in [7, 11) is 0. The van der Waals surface area contributed by atoms with E-state index in [0.717, 1.165) is 0 Å². The topological polar surface area (TPSA) is 43.1 Å². The molecule has 0 aliphatic rings. The molecule has 0 aliphatic heterocycles. The van der Waals surface area contributed by atoms with Gasteiger partial charge >= 0.3 is 0 Å². The quantitative estimate of drug-likeness (QED) is 0.749. The second kappa shape index (κ2) is 3.54. The first-order valence-corrected chi connectivity index (χ1v) is 3.70. The third kappa shape index (κ3) is 1.95. The third-order valence-electron chi connectivity index (χ3n) is 1.41. The largest absolute Gasteiger partial charge is 0.369 e. The van der Waals surface area contributed by atoms with Crippen LogP contribution in [0.1, 0.15) is 5.56 Å². The van der Waals surface area contributed by atoms with Gasteiger partial charge in [0.25, 0.3) is 0 Å². The number of hydrogen-bond acceptors (Lipinski definition) is 1. The molecule has 0 unspecified atom stereocenters. The summed E-state index contributed by atoms with van der Waals surface area (Å²) in [6.07, 6.45) is -0.161. The predicted octanol–water partition coefficient (Wildman–Crippen LogP) is 1.51. The van der Waals surface area contributed by atoms with Crippen LogP contribution in [0.2, 0.25) is 5.02 Å². The summed E-state index contributed by atoms with van der Waals surface area (Å²) in [5.74, 6) is -1.09. The van der Waals surface area contributed by atoms with E-state index in [1.54, 1.807) is 0 Å². The zero-order valence-corrected chi connectivity index (χ0v) is 6.94. The summed E-state index contributed by atoms with van der Waals surface area (Å²) in [5.41, 5.74) is 5.06. The summed E-state index contributed by atoms with van der Waals surface area (Å²) in [4.78, 5) is 10.5. The number of primary amides is 1. The number of carbonyl (C=O) groups is 1. The highest BCUT2D eigenvalue weighted by Gasteiger charge is 2.08. The molecule has 2 nitrogen and oxygen atoms in total. The number of halogens is 2. The van der Waals surface area contributed by atoms with Crippen LogP contribution in [0, 0.1) is 5.82 Å². The highest BCUT2D eigenvalue weighted by atomic mass is 35.5. The molecule has 0 saturated heterocycles. The summed E-state index contributed by atoms with van der Waals surface area (Å²) in [6.45, 7) is 0. The number of carbonyl (C=O) groups excluding carboxylic acids is 1. The molecule has 0 atom stereocenters. The summed E-state index contributed by atoms with van der Waals surface area (Å²) < 4.78 is 12.9. The molecule has 1 aromatic carbocycles. The van der Waals surface area contributed by atoms with Gasteiger partial charge in [-0.05, 0) is 12.1 Å². The van der Waals surface area contributed by atoms with E-state index in [0.29, 0.717) is 0 Å². The molecule has 0 fully saturated rings. The Morgan fingerprint density at radius 1 is 1.58 bits per heavy atom. The van der Waals surface area contributed by atoms with Crippen molar-refractivity contribution >= 4 is 17.5 Å². The molecule has 0 spiro atoms. The van der Waals surface area contributed by atoms with Crippen molar-refractivity contribution in [2.24, 2.45) is 5.73 Å². The lowest BCUT2D eigenvalue weighted by atomic mass is 10.1. The Labute approximate surface area is 74.1 Å². The fraction of sp³-hybridized carbons (Fsp3) is 0.125. The van der Waals surface area contributed by atoms with Crippen molar-refractivity contribution in [3.8, 4) is 0 Å². The molecule has 64 valence electrons. The monoisotopic (exact) mass is 187 g/mol. The zero-order valence-electron chi connectivity index (χ0n) is 6.18. The van der Waals surface area contributed by atoms with Gasteiger partial charge in [0, 0.05) is 10.6 Å². The van der Waals surface area contributed by atoms with Gasteiger partial charge in [-0.25, -0.2) is 4.39 Å². The summed E-state index contributed by atoms with van der Waals surface area (Å²) in [6, 6.07) is 4.23. The van der Waals surface area contributed by atoms with Crippen LogP contribution in [0.25, 0.3) is 0 Å². The van der Waals surface area contributed by atoms with Crippen molar-refractivity contribution in [3.05, 3.63) is 34.6 Å². The van der Waals surface area contributed by atoms with Crippen molar-refractivity contribution in [1.82, 2.24) is 0 Å². The first-order valence-electron chi connectivity index (χ1n) is 3.32. The summed E-state index contributed by atoms with van der Waals surface area (Å²) >= 11 is 5.63. The average molecular weight is 188 g/mol. The lowest BCUT2D eigenvalue weighted by molar-refractivity contribution is -0.117. The number of amides is 1. The normalized spacial score (nSPS) is 9.83. The minimum atomic E-state index is -0.595. The number of rotatable bonds is 2. The first kappa shape index (κ1) is 9.00. The highest BCUT2D eigenvalue weighted by molar-refractivity contribution is 6.31. The van der Waals surface area contributed by atoms with Gasteiger partial charge in [0.15, 0.2) is 0 Å². The molecule has 2 N–H and O–H groups in total. The van der Waals surface area contributed by atoms with Crippen LogP contribution >= 0.6 is 11.6 Å². The van der Waals surface area contributed by atoms with Crippen molar-refractivity contribution in [2.75, 3.05) is 0 Å². The second-order valence-electron chi connectivity index (χ2n) is 2.34. The summed E-state index contributed by atoms with van der Waals surface area (Å²) in [5, 5.41) is 0.230. The maximum absolute atomic E-state index is 12.9. The molecule has 4 heteroatoms. The predicted molar refractivity (Wildman–Crippen MR) is 44.3 cm³/mol. The Morgan fingerprint density at radius 3 is 2.75 bits per heavy atom. The smallest absolute Gasteiger partial charge is 0.222 e. The molecule has 0 saturated carbocycles. The third-order valence-corrected chi connectivity index (χ3v) is 1.77. The van der Waals surface area contributed by atoms with Crippen LogP contribution in [0.3, 0.4) is 0 Å². The molecule has 1 rings (SSSR count). The standard InChI is InChI=1S/C8H7ClFNO/c9-6-2-1-3-7(10)5(6)4-8(11)12/h1-3H,4H2,(H2,11,12). The average Bonchev–Trinajstić information content (AvgIpc) is 1.97. The van der Waals surface area contributed by atoms with Gasteiger partial charge < -0.3 is 5.73 Å². The number of nitrogens with two attached hydrogens (primary N) is 1. The molecule has 1 aromatic rings. The molecule has 0 heterocycles. The van der Waals surface area contributed by atoms with E-state index in [4.69, 9.17) is 17.3 Å². The fourth-order valence-corrected chi connectivity index (χ4v) is 1.11. The number of benzene rings is 1. The van der Waals surface area contributed by atoms with Crippen LogP contribution in [0.4, 0.5) is 4.39 Å². The molecular weight excluding hydrogens is 181 g/mol. The lowest BCUT2D eigenvalue weighted by Gasteiger charge is -2.01. The Bertz CT molecular complexity index is 294. The number of hydrogen-bond donors (Lipinski definition) is 1. The van der Waals surface area contributed by atoms with Gasteiger partial charge in [-0.2, -0.15) is 0 Å². The Hall–Kier alpha value is -1.09. The molecular formula is C8H7ClFNO. The van der Waals surface area contributed by atoms with Gasteiger partial charge in [0.2, 0.25) is 5.91 Å². The van der Waals surface area contributed by atoms with Crippen molar-refractivity contribution < 1.29 is 9.18 Å². The molecule has 0 aliphatic carbocycles. The van der Waals surface area contributed by atoms with E-state index in [1.807, 2.05) is 0 Å². The van der Waals surface area contributed by atoms with E-state index >= 15 is 0 Å². The van der Waals surface area contributed by atoms with Gasteiger partial charge in [-0.15, -0.1) is 0 Å². The second-order valence-corrected chi connectivity index (χ2v) is 2.75. The highest BCUT2D eigenvalue weighted by Crippen LogP contribution is 2.18. The minimum absolute atomic E-state index is 0.159. The zero-order chi connectivity index (χ0) is 9.14. The molecule has 0 bridgehead atoms. The lowest BCUT2D eigenvalue weighted by Crippen LogP contribution is -2.14. The Kier molecular flexibility index (Phi) is 2.65. The van der Waals surface area contributed by atoms with Gasteiger partial charge in [0.1, 0.15) is 5.82 Å². The van der Waals surface area contributed by atoms with E-state index in [1.165, 1.54) is 18.2 Å². The van der Waals surface area contributed by atoms with E-state index in [2.05, 4.69) is 0 Å². The van der Waals surface area contributed by atoms with E-state index in [-0.39, 0.29) is 17.0 Å². The van der Waals surface area contributed by atoms with Crippen LogP contribution < -0.4 is 5.73 Å². The maximum Gasteiger partial charge on any atom is 0.222 e. The van der Waals surface area contributed by atoms with E-state index < -0.39 is 11.7 Å². The molecule has 0 radical (unpaired) electrons. The van der Waals surface area contributed by atoms with Crippen LogP contribution in [-0.4, -0.2) is 5.91 Å². The van der Waals surface area contributed by atoms with Gasteiger partial charge in [-0.3, -0.25) is 4.79 Å². The van der Waals surface area contributed by atoms with Gasteiger partial charge in [0.05, 0.1) is 6.42 Å². The Balaban J connectivity index is 3.04. The van der Waals surface area contributed by atoms with E-state index in [9.17, 15) is 9.18 Å². The first-order chi connectivity index (χ1) is 5.61. The minimum Gasteiger partial charge on any atom is -0.369 e. The van der Waals surface area contributed by atoms with Crippen LogP contribution in [0.5, 0.6) is 0 Å².